The van der Waals surface area contributed by atoms with Crippen LogP contribution in [0.5, 0.6) is 0 Å². The van der Waals surface area contributed by atoms with Gasteiger partial charge >= 0.3 is 12.1 Å². The first kappa shape index (κ1) is 45.6. The van der Waals surface area contributed by atoms with Crippen LogP contribution in [0, 0.1) is 5.92 Å². The highest BCUT2D eigenvalue weighted by molar-refractivity contribution is 9.08. The van der Waals surface area contributed by atoms with E-state index in [0.29, 0.717) is 72.0 Å². The second kappa shape index (κ2) is 24.0. The number of hydrogen-bond acceptors (Lipinski definition) is 9. The summed E-state index contributed by atoms with van der Waals surface area (Å²) in [5.74, 6) is -1.86. The number of urea groups is 1. The van der Waals surface area contributed by atoms with Crippen LogP contribution < -0.4 is 37.6 Å². The van der Waals surface area contributed by atoms with Gasteiger partial charge in [-0.15, -0.1) is 0 Å². The Balaban J connectivity index is 1.22. The number of anilines is 1. The maximum atomic E-state index is 13.5. The van der Waals surface area contributed by atoms with E-state index in [4.69, 9.17) is 10.5 Å². The molecule has 17 heteroatoms. The van der Waals surface area contributed by atoms with Gasteiger partial charge in [0.05, 0.1) is 16.7 Å². The number of nitrogens with one attached hydrogen (secondary N) is 6. The maximum Gasteiger partial charge on any atom is 0.407 e. The molecule has 2 atom stereocenters. The molecular formula is C42H52BrN9O7. The number of halogens is 1. The number of rotatable bonds is 22. The van der Waals surface area contributed by atoms with E-state index in [1.54, 1.807) is 62.5 Å². The summed E-state index contributed by atoms with van der Waals surface area (Å²) in [4.78, 5) is 84.8. The summed E-state index contributed by atoms with van der Waals surface area (Å²) < 4.78 is 5.30. The minimum atomic E-state index is -1.00. The summed E-state index contributed by atoms with van der Waals surface area (Å²) >= 11 is 3.36. The molecule has 16 nitrogen and oxygen atoms in total. The van der Waals surface area contributed by atoms with Crippen molar-refractivity contribution < 1.29 is 33.5 Å². The van der Waals surface area contributed by atoms with Crippen LogP contribution in [0.4, 0.5) is 15.3 Å². The highest BCUT2D eigenvalue weighted by Gasteiger charge is 2.29. The average molecular weight is 875 g/mol. The topological polar surface area (TPSA) is 236 Å². The zero-order valence-corrected chi connectivity index (χ0v) is 34.8. The SMILES string of the molecule is CC(C)[C@H](NC(=O)CCCCCNC(=O)c1ccc2nc(CBr)cnc2c1)C(=O)N[C@@H](CCCNC(N)=O)C(=O)Nc1ccc(COC(=O)NCc2ccccc2)cc1. The van der Waals surface area contributed by atoms with Crippen molar-refractivity contribution in [1.82, 2.24) is 36.6 Å². The number of unbranched alkanes of at least 4 members (excludes halogenated alkanes) is 2. The zero-order valence-electron chi connectivity index (χ0n) is 33.2. The number of amides is 7. The molecule has 314 valence electrons. The van der Waals surface area contributed by atoms with Crippen molar-refractivity contribution in [3.63, 3.8) is 0 Å². The standard InChI is InChI=1S/C42H52BrN9O7/c1-27(2)37(52-36(53)13-7-4-8-20-45-38(54)30-16-19-33-35(22-30)47-25-32(23-43)49-33)40(56)51-34(12-9-21-46-41(44)57)39(55)50-31-17-14-29(15-18-31)26-59-42(58)48-24-28-10-5-3-6-11-28/h3,5-6,10-11,14-19,22,25,27,34,37H,4,7-9,12-13,20-21,23-24,26H2,1-2H3,(H,45,54)(H,48,58)(H,50,55)(H,51,56)(H,52,53)(H3,44,46,57)/t34-,37-/m0/s1. The van der Waals surface area contributed by atoms with Gasteiger partial charge < -0.3 is 42.4 Å². The van der Waals surface area contributed by atoms with Gasteiger partial charge in [-0.25, -0.2) is 14.6 Å². The van der Waals surface area contributed by atoms with Crippen LogP contribution in [0.25, 0.3) is 11.0 Å². The molecule has 0 aliphatic rings. The van der Waals surface area contributed by atoms with E-state index in [0.717, 1.165) is 11.3 Å². The summed E-state index contributed by atoms with van der Waals surface area (Å²) in [5.41, 5.74) is 9.89. The van der Waals surface area contributed by atoms with Gasteiger partial charge in [0.15, 0.2) is 0 Å². The van der Waals surface area contributed by atoms with Crippen molar-refractivity contribution in [3.8, 4) is 0 Å². The highest BCUT2D eigenvalue weighted by Crippen LogP contribution is 2.15. The summed E-state index contributed by atoms with van der Waals surface area (Å²) in [7, 11) is 0. The van der Waals surface area contributed by atoms with Gasteiger partial charge in [0.1, 0.15) is 18.7 Å². The van der Waals surface area contributed by atoms with Gasteiger partial charge in [0, 0.05) is 48.8 Å². The van der Waals surface area contributed by atoms with Crippen LogP contribution in [0.3, 0.4) is 0 Å². The van der Waals surface area contributed by atoms with Crippen LogP contribution in [0.2, 0.25) is 0 Å². The zero-order chi connectivity index (χ0) is 42.6. The van der Waals surface area contributed by atoms with Crippen molar-refractivity contribution in [1.29, 1.82) is 0 Å². The molecule has 0 fully saturated rings. The molecule has 0 aliphatic carbocycles. The third kappa shape index (κ3) is 16.0. The van der Waals surface area contributed by atoms with E-state index >= 15 is 0 Å². The van der Waals surface area contributed by atoms with Crippen LogP contribution in [0.1, 0.15) is 79.6 Å². The van der Waals surface area contributed by atoms with Crippen LogP contribution >= 0.6 is 15.9 Å². The number of aromatic nitrogens is 2. The van der Waals surface area contributed by atoms with E-state index in [2.05, 4.69) is 57.8 Å². The van der Waals surface area contributed by atoms with E-state index in [9.17, 15) is 28.8 Å². The minimum absolute atomic E-state index is 0.0171. The number of alkyl halides is 1. The molecule has 59 heavy (non-hydrogen) atoms. The fourth-order valence-electron chi connectivity index (χ4n) is 5.86. The number of carbonyl (C=O) groups is 6. The summed E-state index contributed by atoms with van der Waals surface area (Å²) in [6.45, 7) is 4.55. The number of nitrogens with two attached hydrogens (primary N) is 1. The van der Waals surface area contributed by atoms with E-state index < -0.39 is 36.0 Å². The van der Waals surface area contributed by atoms with E-state index in [-0.39, 0.29) is 43.7 Å². The molecule has 0 aliphatic heterocycles. The third-order valence-corrected chi connectivity index (χ3v) is 9.67. The van der Waals surface area contributed by atoms with Crippen LogP contribution in [-0.4, -0.2) is 70.9 Å². The third-order valence-electron chi connectivity index (χ3n) is 9.10. The second-order valence-electron chi connectivity index (χ2n) is 14.2. The molecular weight excluding hydrogens is 822 g/mol. The monoisotopic (exact) mass is 873 g/mol. The number of primary amides is 1. The number of alkyl carbamates (subject to hydrolysis) is 1. The first-order valence-electron chi connectivity index (χ1n) is 19.5. The Morgan fingerprint density at radius 3 is 2.24 bits per heavy atom. The van der Waals surface area contributed by atoms with Gasteiger partial charge in [-0.2, -0.15) is 0 Å². The molecule has 0 saturated heterocycles. The quantitative estimate of drug-likeness (QED) is 0.0417. The molecule has 0 unspecified atom stereocenters. The van der Waals surface area contributed by atoms with Crippen molar-refractivity contribution >= 4 is 68.4 Å². The van der Waals surface area contributed by atoms with Crippen molar-refractivity contribution in [3.05, 3.63) is 101 Å². The van der Waals surface area contributed by atoms with Crippen LogP contribution in [-0.2, 0) is 37.6 Å². The van der Waals surface area contributed by atoms with Gasteiger partial charge in [-0.1, -0.05) is 78.7 Å². The lowest BCUT2D eigenvalue weighted by Gasteiger charge is -2.25. The Kier molecular flexibility index (Phi) is 18.5. The normalized spacial score (nSPS) is 11.9. The number of nitrogens with zero attached hydrogens (tertiary/aromatic N) is 2. The second-order valence-corrected chi connectivity index (χ2v) is 14.7. The fourth-order valence-corrected chi connectivity index (χ4v) is 6.13. The summed E-state index contributed by atoms with van der Waals surface area (Å²) in [6.07, 6.45) is 3.64. The first-order chi connectivity index (χ1) is 28.4. The van der Waals surface area contributed by atoms with Crippen molar-refractivity contribution in [2.75, 3.05) is 18.4 Å². The van der Waals surface area contributed by atoms with Gasteiger partial charge in [-0.3, -0.25) is 24.2 Å². The average Bonchev–Trinajstić information content (AvgIpc) is 3.23. The highest BCUT2D eigenvalue weighted by atomic mass is 79.9. The molecule has 0 radical (unpaired) electrons. The molecule has 3 aromatic carbocycles. The molecule has 0 spiro atoms. The summed E-state index contributed by atoms with van der Waals surface area (Å²) in [6, 6.07) is 18.7. The Labute approximate surface area is 351 Å². The predicted molar refractivity (Wildman–Crippen MR) is 227 cm³/mol. The molecule has 4 rings (SSSR count). The molecule has 8 N–H and O–H groups in total. The van der Waals surface area contributed by atoms with Crippen LogP contribution in [0.15, 0.2) is 79.0 Å². The number of fused-ring (bicyclic) bond motifs is 1. The lowest BCUT2D eigenvalue weighted by atomic mass is 10.0. The maximum absolute atomic E-state index is 13.5. The van der Waals surface area contributed by atoms with Crippen molar-refractivity contribution in [2.45, 2.75) is 82.9 Å². The smallest absolute Gasteiger partial charge is 0.407 e. The van der Waals surface area contributed by atoms with E-state index in [1.165, 1.54) is 0 Å². The Hall–Kier alpha value is -6.10. The molecule has 7 amide bonds. The number of hydrogen-bond donors (Lipinski definition) is 7. The Morgan fingerprint density at radius 1 is 0.780 bits per heavy atom. The van der Waals surface area contributed by atoms with Gasteiger partial charge in [0.25, 0.3) is 5.91 Å². The Bertz CT molecular complexity index is 2030. The largest absolute Gasteiger partial charge is 0.445 e. The Morgan fingerprint density at radius 2 is 1.53 bits per heavy atom. The first-order valence-corrected chi connectivity index (χ1v) is 20.6. The lowest BCUT2D eigenvalue weighted by molar-refractivity contribution is -0.132. The number of ether oxygens (including phenoxy) is 1. The molecule has 0 saturated carbocycles. The van der Waals surface area contributed by atoms with E-state index in [1.807, 2.05) is 30.3 Å². The number of benzene rings is 3. The van der Waals surface area contributed by atoms with Gasteiger partial charge in [0.2, 0.25) is 17.7 Å². The summed E-state index contributed by atoms with van der Waals surface area (Å²) in [5, 5.41) is 17.0. The van der Waals surface area contributed by atoms with Crippen molar-refractivity contribution in [2.24, 2.45) is 11.7 Å². The molecule has 1 aromatic heterocycles. The molecule has 0 bridgehead atoms. The fraction of sp³-hybridized carbons (Fsp3) is 0.381. The molecule has 1 heterocycles. The molecule has 4 aromatic rings. The van der Waals surface area contributed by atoms with Gasteiger partial charge in [-0.05, 0) is 73.1 Å². The number of carbonyl (C=O) groups excluding carboxylic acids is 6. The minimum Gasteiger partial charge on any atom is -0.445 e. The predicted octanol–water partition coefficient (Wildman–Crippen LogP) is 4.95. The lowest BCUT2D eigenvalue weighted by Crippen LogP contribution is -2.54.